The number of ether oxygens (including phenoxy) is 1. The molecule has 0 bridgehead atoms. The summed E-state index contributed by atoms with van der Waals surface area (Å²) in [5.41, 5.74) is 1.31. The van der Waals surface area contributed by atoms with E-state index in [1.807, 2.05) is 31.2 Å². The lowest BCUT2D eigenvalue weighted by Gasteiger charge is -2.12. The van der Waals surface area contributed by atoms with Crippen LogP contribution in [0.3, 0.4) is 0 Å². The lowest BCUT2D eigenvalue weighted by Crippen LogP contribution is -2.34. The van der Waals surface area contributed by atoms with Crippen molar-refractivity contribution in [3.8, 4) is 11.4 Å². The third-order valence-corrected chi connectivity index (χ3v) is 6.42. The predicted octanol–water partition coefficient (Wildman–Crippen LogP) is 3.76. The van der Waals surface area contributed by atoms with Crippen LogP contribution in [0.4, 0.5) is 0 Å². The summed E-state index contributed by atoms with van der Waals surface area (Å²) in [5, 5.41) is 14.4. The van der Waals surface area contributed by atoms with E-state index in [1.54, 1.807) is 40.6 Å². The number of nitrogens with one attached hydrogen (secondary N) is 1. The molecule has 2 N–H and O–H groups in total. The fourth-order valence-corrected chi connectivity index (χ4v) is 4.96. The molecule has 2 aromatic carbocycles. The SMILES string of the molecule is COc1ccccc1Cn1c(C(=O)O)c(-n2c(=O)[nH]c3cscc3c2=O)c2cc(C)ccc21. The molecule has 0 saturated carbocycles. The van der Waals surface area contributed by atoms with Crippen molar-refractivity contribution in [2.75, 3.05) is 7.11 Å². The topological polar surface area (TPSA) is 106 Å². The van der Waals surface area contributed by atoms with Crippen LogP contribution in [0, 0.1) is 6.92 Å². The van der Waals surface area contributed by atoms with Crippen molar-refractivity contribution in [2.45, 2.75) is 13.5 Å². The molecule has 0 aliphatic heterocycles. The second-order valence-electron chi connectivity index (χ2n) is 7.69. The van der Waals surface area contributed by atoms with Gasteiger partial charge in [0.1, 0.15) is 5.75 Å². The number of carbonyl (C=O) groups is 1. The number of fused-ring (bicyclic) bond motifs is 2. The van der Waals surface area contributed by atoms with E-state index in [4.69, 9.17) is 4.74 Å². The van der Waals surface area contributed by atoms with Gasteiger partial charge < -0.3 is 19.4 Å². The molecule has 0 saturated heterocycles. The van der Waals surface area contributed by atoms with Gasteiger partial charge in [-0.15, -0.1) is 11.3 Å². The number of carboxylic acids is 1. The van der Waals surface area contributed by atoms with Gasteiger partial charge in [-0.2, -0.15) is 0 Å². The number of aryl methyl sites for hydroxylation is 1. The largest absolute Gasteiger partial charge is 0.496 e. The van der Waals surface area contributed by atoms with E-state index in [0.29, 0.717) is 27.6 Å². The minimum Gasteiger partial charge on any atom is -0.496 e. The maximum absolute atomic E-state index is 13.3. The summed E-state index contributed by atoms with van der Waals surface area (Å²) in [7, 11) is 1.55. The number of rotatable bonds is 5. The standard InChI is InChI=1S/C24H19N3O5S/c1-13-7-8-18-15(9-13)20(27-22(28)16-11-33-12-17(16)25-24(27)31)21(23(29)30)26(18)10-14-5-3-4-6-19(14)32-2/h3-9,11-12H,10H2,1-2H3,(H,25,31)(H,29,30). The fraction of sp³-hybridized carbons (Fsp3) is 0.125. The Hall–Kier alpha value is -4.11. The van der Waals surface area contributed by atoms with Crippen molar-refractivity contribution in [2.24, 2.45) is 0 Å². The Balaban J connectivity index is 1.91. The smallest absolute Gasteiger partial charge is 0.354 e. The molecule has 0 atom stereocenters. The van der Waals surface area contributed by atoms with Gasteiger partial charge in [0.15, 0.2) is 5.69 Å². The van der Waals surface area contributed by atoms with Gasteiger partial charge in [0.2, 0.25) is 0 Å². The summed E-state index contributed by atoms with van der Waals surface area (Å²) in [4.78, 5) is 41.6. The summed E-state index contributed by atoms with van der Waals surface area (Å²) in [6, 6.07) is 12.8. The Morgan fingerprint density at radius 2 is 1.91 bits per heavy atom. The zero-order valence-electron chi connectivity index (χ0n) is 17.8. The average molecular weight is 461 g/mol. The number of aromatic amines is 1. The maximum atomic E-state index is 13.3. The lowest BCUT2D eigenvalue weighted by molar-refractivity contribution is 0.0686. The Bertz CT molecular complexity index is 1670. The van der Waals surface area contributed by atoms with E-state index in [9.17, 15) is 19.5 Å². The zero-order chi connectivity index (χ0) is 23.3. The molecule has 3 aromatic heterocycles. The third-order valence-electron chi connectivity index (χ3n) is 5.68. The van der Waals surface area contributed by atoms with Gasteiger partial charge in [0.25, 0.3) is 5.56 Å². The second-order valence-corrected chi connectivity index (χ2v) is 8.43. The number of H-pyrrole nitrogens is 1. The first-order valence-electron chi connectivity index (χ1n) is 10.1. The van der Waals surface area contributed by atoms with Crippen molar-refractivity contribution < 1.29 is 14.6 Å². The molecule has 0 aliphatic rings. The first-order chi connectivity index (χ1) is 15.9. The summed E-state index contributed by atoms with van der Waals surface area (Å²) >= 11 is 1.29. The van der Waals surface area contributed by atoms with E-state index in [0.717, 1.165) is 15.7 Å². The number of aromatic carboxylic acids is 1. The molecule has 33 heavy (non-hydrogen) atoms. The Morgan fingerprint density at radius 3 is 2.67 bits per heavy atom. The van der Waals surface area contributed by atoms with Gasteiger partial charge in [-0.05, 0) is 25.1 Å². The van der Waals surface area contributed by atoms with Gasteiger partial charge in [-0.1, -0.05) is 29.8 Å². The molecule has 0 radical (unpaired) electrons. The number of nitrogens with zero attached hydrogens (tertiary/aromatic N) is 2. The minimum absolute atomic E-state index is 0.0513. The van der Waals surface area contributed by atoms with Crippen molar-refractivity contribution in [1.29, 1.82) is 0 Å². The van der Waals surface area contributed by atoms with Crippen LogP contribution in [0.5, 0.6) is 5.75 Å². The van der Waals surface area contributed by atoms with Gasteiger partial charge >= 0.3 is 11.7 Å². The normalized spacial score (nSPS) is 11.3. The first kappa shape index (κ1) is 20.8. The lowest BCUT2D eigenvalue weighted by atomic mass is 10.1. The van der Waals surface area contributed by atoms with Crippen molar-refractivity contribution in [3.63, 3.8) is 0 Å². The van der Waals surface area contributed by atoms with Crippen LogP contribution >= 0.6 is 11.3 Å². The summed E-state index contributed by atoms with van der Waals surface area (Å²) < 4.78 is 7.98. The number of para-hydroxylation sites is 1. The molecule has 0 aliphatic carbocycles. The monoisotopic (exact) mass is 461 g/mol. The molecule has 9 heteroatoms. The Kier molecular flexibility index (Phi) is 4.90. The van der Waals surface area contributed by atoms with Crippen molar-refractivity contribution in [1.82, 2.24) is 14.1 Å². The Labute approximate surface area is 190 Å². The summed E-state index contributed by atoms with van der Waals surface area (Å²) in [6.45, 7) is 2.05. The highest BCUT2D eigenvalue weighted by molar-refractivity contribution is 7.09. The molecule has 8 nitrogen and oxygen atoms in total. The highest BCUT2D eigenvalue weighted by atomic mass is 32.1. The maximum Gasteiger partial charge on any atom is 0.354 e. The average Bonchev–Trinajstić information content (AvgIpc) is 3.37. The molecule has 0 unspecified atom stereocenters. The molecule has 166 valence electrons. The van der Waals surface area contributed by atoms with Crippen LogP contribution in [0.15, 0.2) is 62.8 Å². The number of hydrogen-bond donors (Lipinski definition) is 2. The first-order valence-corrected chi connectivity index (χ1v) is 11.0. The van der Waals surface area contributed by atoms with Crippen LogP contribution in [-0.4, -0.2) is 32.3 Å². The van der Waals surface area contributed by atoms with Crippen LogP contribution < -0.4 is 16.0 Å². The highest BCUT2D eigenvalue weighted by Crippen LogP contribution is 2.32. The Morgan fingerprint density at radius 1 is 1.12 bits per heavy atom. The third kappa shape index (κ3) is 3.25. The van der Waals surface area contributed by atoms with Gasteiger partial charge in [0, 0.05) is 21.7 Å². The number of carboxylic acid groups (broad SMARTS) is 1. The highest BCUT2D eigenvalue weighted by Gasteiger charge is 2.27. The van der Waals surface area contributed by atoms with Crippen LogP contribution in [-0.2, 0) is 6.54 Å². The zero-order valence-corrected chi connectivity index (χ0v) is 18.6. The van der Waals surface area contributed by atoms with Crippen molar-refractivity contribution in [3.05, 3.63) is 90.9 Å². The molecule has 3 heterocycles. The number of benzene rings is 2. The van der Waals surface area contributed by atoms with Gasteiger partial charge in [-0.3, -0.25) is 4.79 Å². The van der Waals surface area contributed by atoms with Crippen LogP contribution in [0.2, 0.25) is 0 Å². The molecule has 5 aromatic rings. The molecule has 0 fully saturated rings. The molecular weight excluding hydrogens is 442 g/mol. The van der Waals surface area contributed by atoms with E-state index in [1.165, 1.54) is 11.3 Å². The molecule has 5 rings (SSSR count). The predicted molar refractivity (Wildman–Crippen MR) is 127 cm³/mol. The molecular formula is C24H19N3O5S. The van der Waals surface area contributed by atoms with E-state index >= 15 is 0 Å². The summed E-state index contributed by atoms with van der Waals surface area (Å²) in [6.07, 6.45) is 0. The molecule has 0 spiro atoms. The van der Waals surface area contributed by atoms with E-state index in [2.05, 4.69) is 4.98 Å². The minimum atomic E-state index is -1.24. The second kappa shape index (κ2) is 7.79. The number of thiophene rings is 1. The fourth-order valence-electron chi connectivity index (χ4n) is 4.21. The van der Waals surface area contributed by atoms with E-state index in [-0.39, 0.29) is 17.9 Å². The number of hydrogen-bond acceptors (Lipinski definition) is 5. The van der Waals surface area contributed by atoms with Gasteiger partial charge in [0.05, 0.1) is 35.8 Å². The van der Waals surface area contributed by atoms with Gasteiger partial charge in [-0.25, -0.2) is 14.2 Å². The summed E-state index contributed by atoms with van der Waals surface area (Å²) in [5.74, 6) is -0.635. The van der Waals surface area contributed by atoms with Crippen LogP contribution in [0.1, 0.15) is 21.6 Å². The molecule has 0 amide bonds. The van der Waals surface area contributed by atoms with E-state index < -0.39 is 17.2 Å². The van der Waals surface area contributed by atoms with Crippen LogP contribution in [0.25, 0.3) is 27.5 Å². The number of methoxy groups -OCH3 is 1. The quantitative estimate of drug-likeness (QED) is 0.415. The van der Waals surface area contributed by atoms with Crippen molar-refractivity contribution >= 4 is 39.1 Å². The number of aromatic nitrogens is 3.